The van der Waals surface area contributed by atoms with E-state index >= 15 is 0 Å². The number of methoxy groups -OCH3 is 1. The zero-order valence-corrected chi connectivity index (χ0v) is 17.2. The molecule has 0 aliphatic rings. The van der Waals surface area contributed by atoms with Gasteiger partial charge in [0.1, 0.15) is 11.6 Å². The maximum Gasteiger partial charge on any atom is 0.307 e. The number of aliphatic hydroxyl groups excluding tert-OH is 1. The number of rotatable bonds is 11. The van der Waals surface area contributed by atoms with Crippen LogP contribution in [0.2, 0.25) is 0 Å². The SMILES string of the molecule is COc1cc(CC(=O)O)ccc1Cc1c(C)nc(N)nc1N[C@@H](C)CCCCO. The molecule has 0 aliphatic carbocycles. The van der Waals surface area contributed by atoms with Crippen molar-refractivity contribution in [3.05, 3.63) is 40.6 Å². The lowest BCUT2D eigenvalue weighted by atomic mass is 10.00. The van der Waals surface area contributed by atoms with Crippen LogP contribution in [0.25, 0.3) is 0 Å². The van der Waals surface area contributed by atoms with Crippen molar-refractivity contribution >= 4 is 17.7 Å². The lowest BCUT2D eigenvalue weighted by Gasteiger charge is -2.19. The molecule has 0 fully saturated rings. The first-order valence-corrected chi connectivity index (χ1v) is 9.72. The summed E-state index contributed by atoms with van der Waals surface area (Å²) >= 11 is 0. The molecule has 0 aliphatic heterocycles. The van der Waals surface area contributed by atoms with Crippen molar-refractivity contribution in [2.75, 3.05) is 24.8 Å². The van der Waals surface area contributed by atoms with Crippen molar-refractivity contribution in [1.29, 1.82) is 0 Å². The number of nitrogens with two attached hydrogens (primary N) is 1. The van der Waals surface area contributed by atoms with Gasteiger partial charge in [-0.15, -0.1) is 0 Å². The van der Waals surface area contributed by atoms with E-state index in [1.165, 1.54) is 0 Å². The van der Waals surface area contributed by atoms with Crippen LogP contribution in [-0.4, -0.2) is 45.9 Å². The van der Waals surface area contributed by atoms with Gasteiger partial charge in [-0.25, -0.2) is 4.98 Å². The highest BCUT2D eigenvalue weighted by Gasteiger charge is 2.16. The largest absolute Gasteiger partial charge is 0.496 e. The Morgan fingerprint density at radius 2 is 2.07 bits per heavy atom. The van der Waals surface area contributed by atoms with Gasteiger partial charge in [0.15, 0.2) is 0 Å². The van der Waals surface area contributed by atoms with Crippen molar-refractivity contribution in [3.63, 3.8) is 0 Å². The van der Waals surface area contributed by atoms with Crippen LogP contribution < -0.4 is 15.8 Å². The van der Waals surface area contributed by atoms with Crippen LogP contribution >= 0.6 is 0 Å². The van der Waals surface area contributed by atoms with E-state index in [-0.39, 0.29) is 25.0 Å². The molecule has 1 heterocycles. The monoisotopic (exact) mass is 402 g/mol. The van der Waals surface area contributed by atoms with Gasteiger partial charge in [-0.3, -0.25) is 4.79 Å². The summed E-state index contributed by atoms with van der Waals surface area (Å²) in [7, 11) is 1.57. The summed E-state index contributed by atoms with van der Waals surface area (Å²) in [6, 6.07) is 5.58. The highest BCUT2D eigenvalue weighted by Crippen LogP contribution is 2.28. The number of anilines is 2. The molecule has 1 aromatic carbocycles. The standard InChI is InChI=1S/C21H30N4O4/c1-13(6-4-5-9-26)23-20-17(14(2)24-21(22)25-20)12-16-8-7-15(11-19(27)28)10-18(16)29-3/h7-8,10,13,26H,4-6,9,11-12H2,1-3H3,(H,27,28)(H3,22,23,24,25)/t13-/m0/s1. The van der Waals surface area contributed by atoms with Crippen LogP contribution in [0.3, 0.4) is 0 Å². The number of nitrogens with zero attached hydrogens (tertiary/aromatic N) is 2. The summed E-state index contributed by atoms with van der Waals surface area (Å²) in [6.45, 7) is 4.14. The first-order valence-electron chi connectivity index (χ1n) is 9.72. The second-order valence-electron chi connectivity index (χ2n) is 7.15. The Morgan fingerprint density at radius 1 is 1.31 bits per heavy atom. The minimum Gasteiger partial charge on any atom is -0.496 e. The lowest BCUT2D eigenvalue weighted by Crippen LogP contribution is -2.19. The second-order valence-corrected chi connectivity index (χ2v) is 7.15. The first kappa shape index (κ1) is 22.4. The third kappa shape index (κ3) is 6.60. The maximum absolute atomic E-state index is 11.0. The molecule has 29 heavy (non-hydrogen) atoms. The number of carboxylic acid groups (broad SMARTS) is 1. The average molecular weight is 402 g/mol. The van der Waals surface area contributed by atoms with Crippen LogP contribution in [0, 0.1) is 6.92 Å². The number of aliphatic hydroxyl groups is 1. The summed E-state index contributed by atoms with van der Waals surface area (Å²) in [4.78, 5) is 19.7. The normalized spacial score (nSPS) is 11.9. The van der Waals surface area contributed by atoms with Gasteiger partial charge in [0.05, 0.1) is 13.5 Å². The molecule has 0 radical (unpaired) electrons. The quantitative estimate of drug-likeness (QED) is 0.422. The number of aryl methyl sites for hydroxylation is 1. The van der Waals surface area contributed by atoms with Gasteiger partial charge in [-0.2, -0.15) is 4.98 Å². The van der Waals surface area contributed by atoms with Crippen molar-refractivity contribution in [2.45, 2.75) is 52.0 Å². The molecule has 8 nitrogen and oxygen atoms in total. The predicted octanol–water partition coefficient (Wildman–Crippen LogP) is 2.56. The number of aliphatic carboxylic acids is 1. The maximum atomic E-state index is 11.0. The number of nitrogens with one attached hydrogen (secondary N) is 1. The van der Waals surface area contributed by atoms with Gasteiger partial charge in [0.2, 0.25) is 5.95 Å². The smallest absolute Gasteiger partial charge is 0.307 e. The Kier molecular flexibility index (Phi) is 8.21. The zero-order valence-electron chi connectivity index (χ0n) is 17.2. The Bertz CT molecular complexity index is 842. The number of nitrogen functional groups attached to an aromatic ring is 1. The van der Waals surface area contributed by atoms with Gasteiger partial charge in [0, 0.05) is 30.3 Å². The second kappa shape index (κ2) is 10.6. The van der Waals surface area contributed by atoms with E-state index in [9.17, 15) is 4.79 Å². The molecule has 2 aromatic rings. The minimum atomic E-state index is -0.885. The number of carbonyl (C=O) groups is 1. The van der Waals surface area contributed by atoms with Crippen LogP contribution in [0.15, 0.2) is 18.2 Å². The van der Waals surface area contributed by atoms with Crippen molar-refractivity contribution < 1.29 is 19.7 Å². The van der Waals surface area contributed by atoms with Crippen LogP contribution in [0.1, 0.15) is 48.6 Å². The van der Waals surface area contributed by atoms with E-state index in [1.54, 1.807) is 19.2 Å². The van der Waals surface area contributed by atoms with Gasteiger partial charge >= 0.3 is 5.97 Å². The molecule has 0 spiro atoms. The van der Waals surface area contributed by atoms with Gasteiger partial charge < -0.3 is 26.0 Å². The summed E-state index contributed by atoms with van der Waals surface area (Å²) in [5, 5.41) is 21.4. The highest BCUT2D eigenvalue weighted by molar-refractivity contribution is 5.70. The third-order valence-corrected chi connectivity index (χ3v) is 4.73. The Hall–Kier alpha value is -2.87. The molecule has 158 valence electrons. The molecule has 8 heteroatoms. The fourth-order valence-corrected chi connectivity index (χ4v) is 3.23. The van der Waals surface area contributed by atoms with Crippen LogP contribution in [-0.2, 0) is 17.6 Å². The van der Waals surface area contributed by atoms with E-state index < -0.39 is 5.97 Å². The van der Waals surface area contributed by atoms with Crippen LogP contribution in [0.5, 0.6) is 5.75 Å². The third-order valence-electron chi connectivity index (χ3n) is 4.73. The summed E-state index contributed by atoms with van der Waals surface area (Å²) in [5.41, 5.74) is 9.15. The Morgan fingerprint density at radius 3 is 2.72 bits per heavy atom. The van der Waals surface area contributed by atoms with Crippen molar-refractivity contribution in [1.82, 2.24) is 9.97 Å². The molecule has 1 aromatic heterocycles. The molecule has 0 bridgehead atoms. The Balaban J connectivity index is 2.28. The molecule has 0 saturated heterocycles. The fraction of sp³-hybridized carbons (Fsp3) is 0.476. The number of unbranched alkanes of at least 4 members (excludes halogenated alkanes) is 1. The Labute approximate surface area is 171 Å². The molecular weight excluding hydrogens is 372 g/mol. The molecule has 2 rings (SSSR count). The van der Waals surface area contributed by atoms with Gasteiger partial charge in [-0.05, 0) is 50.3 Å². The molecule has 0 saturated carbocycles. The zero-order chi connectivity index (χ0) is 21.4. The lowest BCUT2D eigenvalue weighted by molar-refractivity contribution is -0.136. The summed E-state index contributed by atoms with van der Waals surface area (Å²) in [6.07, 6.45) is 3.05. The van der Waals surface area contributed by atoms with E-state index in [0.29, 0.717) is 23.6 Å². The van der Waals surface area contributed by atoms with Crippen molar-refractivity contribution in [2.24, 2.45) is 0 Å². The van der Waals surface area contributed by atoms with Crippen LogP contribution in [0.4, 0.5) is 11.8 Å². The number of aromatic nitrogens is 2. The van der Waals surface area contributed by atoms with Gasteiger partial charge in [0.25, 0.3) is 0 Å². The molecule has 1 atom stereocenters. The summed E-state index contributed by atoms with van der Waals surface area (Å²) in [5.74, 6) is 0.634. The number of carboxylic acids is 1. The molecule has 0 unspecified atom stereocenters. The predicted molar refractivity (Wildman–Crippen MR) is 112 cm³/mol. The van der Waals surface area contributed by atoms with E-state index in [2.05, 4.69) is 22.2 Å². The van der Waals surface area contributed by atoms with E-state index in [1.807, 2.05) is 13.0 Å². The molecular formula is C21H30N4O4. The van der Waals surface area contributed by atoms with Crippen molar-refractivity contribution in [3.8, 4) is 5.75 Å². The van der Waals surface area contributed by atoms with Gasteiger partial charge in [-0.1, -0.05) is 12.1 Å². The topological polar surface area (TPSA) is 131 Å². The number of hydrogen-bond donors (Lipinski definition) is 4. The number of ether oxygens (including phenoxy) is 1. The summed E-state index contributed by atoms with van der Waals surface area (Å²) < 4.78 is 5.49. The van der Waals surface area contributed by atoms with E-state index in [4.69, 9.17) is 20.7 Å². The highest BCUT2D eigenvalue weighted by atomic mass is 16.5. The minimum absolute atomic E-state index is 0.0567. The number of benzene rings is 1. The number of hydrogen-bond acceptors (Lipinski definition) is 7. The van der Waals surface area contributed by atoms with E-state index in [0.717, 1.165) is 36.1 Å². The fourth-order valence-electron chi connectivity index (χ4n) is 3.23. The average Bonchev–Trinajstić information content (AvgIpc) is 2.65. The first-order chi connectivity index (χ1) is 13.8. The molecule has 5 N–H and O–H groups in total. The molecule has 0 amide bonds.